The molecule has 0 radical (unpaired) electrons. The van der Waals surface area contributed by atoms with Gasteiger partial charge in [-0.2, -0.15) is 5.10 Å². The quantitative estimate of drug-likeness (QED) is 0.923. The van der Waals surface area contributed by atoms with Gasteiger partial charge in [0.2, 0.25) is 5.88 Å². The van der Waals surface area contributed by atoms with E-state index in [2.05, 4.69) is 5.10 Å². The summed E-state index contributed by atoms with van der Waals surface area (Å²) >= 11 is 0. The fourth-order valence-corrected chi connectivity index (χ4v) is 5.31. The van der Waals surface area contributed by atoms with E-state index in [0.29, 0.717) is 5.69 Å². The van der Waals surface area contributed by atoms with E-state index < -0.39 is 0 Å². The van der Waals surface area contributed by atoms with E-state index in [9.17, 15) is 0 Å². The maximum absolute atomic E-state index is 6.09. The molecule has 4 saturated carbocycles. The van der Waals surface area contributed by atoms with Crippen molar-refractivity contribution in [3.63, 3.8) is 0 Å². The second-order valence-corrected chi connectivity index (χ2v) is 7.33. The lowest BCUT2D eigenvalue weighted by Gasteiger charge is -2.54. The number of nitrogens with zero attached hydrogens (tertiary/aromatic N) is 2. The van der Waals surface area contributed by atoms with Gasteiger partial charge in [0.25, 0.3) is 0 Å². The molecule has 4 aliphatic rings. The Hall–Kier alpha value is -1.19. The van der Waals surface area contributed by atoms with E-state index in [0.717, 1.165) is 47.8 Å². The molecule has 1 heterocycles. The number of nitrogen functional groups attached to an aromatic ring is 1. The first-order chi connectivity index (χ1) is 9.61. The van der Waals surface area contributed by atoms with Gasteiger partial charge in [0, 0.05) is 7.05 Å². The van der Waals surface area contributed by atoms with Gasteiger partial charge < -0.3 is 10.5 Å². The number of nitrogens with two attached hydrogens (primary N) is 1. The van der Waals surface area contributed by atoms with E-state index in [4.69, 9.17) is 10.5 Å². The molecule has 20 heavy (non-hydrogen) atoms. The second-order valence-electron chi connectivity index (χ2n) is 7.33. The summed E-state index contributed by atoms with van der Waals surface area (Å²) in [5.41, 5.74) is 7.63. The third-order valence-electron chi connectivity index (χ3n) is 6.05. The molecule has 0 unspecified atom stereocenters. The molecule has 0 spiro atoms. The molecule has 2 N–H and O–H groups in total. The number of rotatable bonds is 3. The monoisotopic (exact) mass is 275 g/mol. The summed E-state index contributed by atoms with van der Waals surface area (Å²) in [6.45, 7) is 2.77. The van der Waals surface area contributed by atoms with E-state index in [1.165, 1.54) is 32.1 Å². The molecule has 4 aliphatic carbocycles. The number of hydrogen-bond acceptors (Lipinski definition) is 3. The number of ether oxygens (including phenoxy) is 1. The lowest BCUT2D eigenvalue weighted by molar-refractivity contribution is -0.0537. The van der Waals surface area contributed by atoms with E-state index >= 15 is 0 Å². The largest absolute Gasteiger partial charge is 0.476 e. The van der Waals surface area contributed by atoms with E-state index in [-0.39, 0.29) is 0 Å². The summed E-state index contributed by atoms with van der Waals surface area (Å²) in [7, 11) is 1.91. The molecule has 5 rings (SSSR count). The van der Waals surface area contributed by atoms with Crippen LogP contribution in [-0.4, -0.2) is 16.4 Å². The standard InChI is InChI=1S/C16H25N3O/c1-9-15(17)16(19(2)18-9)20-8-14-12-4-10-3-11(6-12)7-13(14)5-10/h10-14H,3-8,17H2,1-2H3. The van der Waals surface area contributed by atoms with Gasteiger partial charge in [0.05, 0.1) is 12.3 Å². The molecule has 0 aliphatic heterocycles. The highest BCUT2D eigenvalue weighted by Crippen LogP contribution is 2.56. The normalized spacial score (nSPS) is 38.4. The summed E-state index contributed by atoms with van der Waals surface area (Å²) in [5, 5.41) is 4.33. The SMILES string of the molecule is Cc1nn(C)c(OCC2C3CC4CC(C3)CC2C4)c1N. The fourth-order valence-electron chi connectivity index (χ4n) is 5.31. The highest BCUT2D eigenvalue weighted by molar-refractivity contribution is 5.52. The number of anilines is 1. The molecule has 0 aromatic carbocycles. The fraction of sp³-hybridized carbons (Fsp3) is 0.812. The highest BCUT2D eigenvalue weighted by Gasteiger charge is 2.48. The van der Waals surface area contributed by atoms with Crippen molar-refractivity contribution in [3.8, 4) is 5.88 Å². The predicted molar refractivity (Wildman–Crippen MR) is 78.4 cm³/mol. The first kappa shape index (κ1) is 12.5. The number of aryl methyl sites for hydroxylation is 2. The molecule has 4 heteroatoms. The van der Waals surface area contributed by atoms with Crippen molar-refractivity contribution in [2.75, 3.05) is 12.3 Å². The number of hydrogen-bond donors (Lipinski definition) is 1. The first-order valence-corrected chi connectivity index (χ1v) is 8.03. The smallest absolute Gasteiger partial charge is 0.235 e. The third-order valence-corrected chi connectivity index (χ3v) is 6.05. The zero-order valence-corrected chi connectivity index (χ0v) is 12.5. The molecule has 4 nitrogen and oxygen atoms in total. The lowest BCUT2D eigenvalue weighted by atomic mass is 9.52. The van der Waals surface area contributed by atoms with E-state index in [1.54, 1.807) is 4.68 Å². The van der Waals surface area contributed by atoms with Crippen LogP contribution in [-0.2, 0) is 7.05 Å². The van der Waals surface area contributed by atoms with Crippen molar-refractivity contribution < 1.29 is 4.74 Å². The Morgan fingerprint density at radius 3 is 2.25 bits per heavy atom. The van der Waals surface area contributed by atoms with Crippen LogP contribution in [0.3, 0.4) is 0 Å². The second kappa shape index (κ2) is 4.40. The average Bonchev–Trinajstić information content (AvgIpc) is 2.63. The minimum absolute atomic E-state index is 0.705. The Balaban J connectivity index is 1.47. The van der Waals surface area contributed by atoms with Crippen LogP contribution >= 0.6 is 0 Å². The molecule has 0 atom stereocenters. The zero-order valence-electron chi connectivity index (χ0n) is 12.5. The van der Waals surface area contributed by atoms with Crippen LogP contribution in [0.5, 0.6) is 5.88 Å². The van der Waals surface area contributed by atoms with Crippen LogP contribution < -0.4 is 10.5 Å². The van der Waals surface area contributed by atoms with Crippen molar-refractivity contribution in [1.82, 2.24) is 9.78 Å². The molecule has 1 aromatic rings. The molecule has 1 aromatic heterocycles. The summed E-state index contributed by atoms with van der Waals surface area (Å²) in [6.07, 6.45) is 7.29. The van der Waals surface area contributed by atoms with Gasteiger partial charge >= 0.3 is 0 Å². The van der Waals surface area contributed by atoms with Gasteiger partial charge in [0.15, 0.2) is 0 Å². The molecule has 0 amide bonds. The Morgan fingerprint density at radius 1 is 1.15 bits per heavy atom. The number of aromatic nitrogens is 2. The maximum Gasteiger partial charge on any atom is 0.235 e. The Labute approximate surface area is 120 Å². The van der Waals surface area contributed by atoms with Gasteiger partial charge in [-0.05, 0) is 68.6 Å². The minimum atomic E-state index is 0.705. The highest BCUT2D eigenvalue weighted by atomic mass is 16.5. The lowest BCUT2D eigenvalue weighted by Crippen LogP contribution is -2.47. The Kier molecular flexibility index (Phi) is 2.76. The van der Waals surface area contributed by atoms with Crippen molar-refractivity contribution in [2.24, 2.45) is 36.6 Å². The van der Waals surface area contributed by atoms with Crippen LogP contribution in [0.2, 0.25) is 0 Å². The predicted octanol–water partition coefficient (Wildman–Crippen LogP) is 2.76. The first-order valence-electron chi connectivity index (χ1n) is 8.03. The van der Waals surface area contributed by atoms with Gasteiger partial charge in [0.1, 0.15) is 5.69 Å². The molecular formula is C16H25N3O. The molecule has 4 fully saturated rings. The molecular weight excluding hydrogens is 250 g/mol. The van der Waals surface area contributed by atoms with Gasteiger partial charge in [-0.3, -0.25) is 0 Å². The summed E-state index contributed by atoms with van der Waals surface area (Å²) in [6, 6.07) is 0. The zero-order chi connectivity index (χ0) is 13.9. The molecule has 4 bridgehead atoms. The van der Waals surface area contributed by atoms with Gasteiger partial charge in [-0.1, -0.05) is 0 Å². The minimum Gasteiger partial charge on any atom is -0.476 e. The maximum atomic E-state index is 6.09. The Bertz CT molecular complexity index is 494. The van der Waals surface area contributed by atoms with Crippen LogP contribution in [0.1, 0.15) is 37.8 Å². The third kappa shape index (κ3) is 1.84. The van der Waals surface area contributed by atoms with Crippen LogP contribution in [0.4, 0.5) is 5.69 Å². The average molecular weight is 275 g/mol. The Morgan fingerprint density at radius 2 is 1.75 bits per heavy atom. The summed E-state index contributed by atoms with van der Waals surface area (Å²) in [4.78, 5) is 0. The summed E-state index contributed by atoms with van der Waals surface area (Å²) < 4.78 is 7.87. The summed E-state index contributed by atoms with van der Waals surface area (Å²) in [5.74, 6) is 5.37. The topological polar surface area (TPSA) is 53.1 Å². The molecule has 110 valence electrons. The van der Waals surface area contributed by atoms with Crippen molar-refractivity contribution >= 4 is 5.69 Å². The van der Waals surface area contributed by atoms with Crippen LogP contribution in [0.15, 0.2) is 0 Å². The van der Waals surface area contributed by atoms with Gasteiger partial charge in [-0.25, -0.2) is 4.68 Å². The van der Waals surface area contributed by atoms with Crippen molar-refractivity contribution in [1.29, 1.82) is 0 Å². The van der Waals surface area contributed by atoms with Gasteiger partial charge in [-0.15, -0.1) is 0 Å². The van der Waals surface area contributed by atoms with Crippen molar-refractivity contribution in [2.45, 2.75) is 39.0 Å². The van der Waals surface area contributed by atoms with Crippen LogP contribution in [0.25, 0.3) is 0 Å². The van der Waals surface area contributed by atoms with Crippen LogP contribution in [0, 0.1) is 36.5 Å². The molecule has 0 saturated heterocycles. The van der Waals surface area contributed by atoms with Crippen molar-refractivity contribution in [3.05, 3.63) is 5.69 Å². The van der Waals surface area contributed by atoms with E-state index in [1.807, 2.05) is 14.0 Å².